The van der Waals surface area contributed by atoms with Gasteiger partial charge < -0.3 is 10.1 Å². The molecule has 0 radical (unpaired) electrons. The lowest BCUT2D eigenvalue weighted by molar-refractivity contribution is -0.137. The Morgan fingerprint density at radius 3 is 2.39 bits per heavy atom. The molecule has 10 heteroatoms. The summed E-state index contributed by atoms with van der Waals surface area (Å²) in [4.78, 5) is 12.1. The van der Waals surface area contributed by atoms with Crippen LogP contribution in [-0.2, 0) is 27.5 Å². The van der Waals surface area contributed by atoms with E-state index in [1.54, 1.807) is 24.3 Å². The van der Waals surface area contributed by atoms with Crippen molar-refractivity contribution in [3.05, 3.63) is 59.7 Å². The summed E-state index contributed by atoms with van der Waals surface area (Å²) >= 11 is 0. The van der Waals surface area contributed by atoms with Crippen molar-refractivity contribution in [2.24, 2.45) is 0 Å². The number of ether oxygens (including phenoxy) is 1. The zero-order valence-electron chi connectivity index (χ0n) is 17.3. The molecule has 6 nitrogen and oxygen atoms in total. The molecule has 0 aliphatic rings. The van der Waals surface area contributed by atoms with E-state index in [1.165, 1.54) is 16.4 Å². The van der Waals surface area contributed by atoms with Crippen LogP contribution >= 0.6 is 0 Å². The van der Waals surface area contributed by atoms with Crippen LogP contribution in [0, 0.1) is 0 Å². The van der Waals surface area contributed by atoms with Crippen LogP contribution in [0.5, 0.6) is 5.75 Å². The number of benzene rings is 2. The standard InChI is InChI=1S/C21H25F3N2O4S/c1-3-30-19-11-9-18(10-12-19)26(31(2,28)29)13-5-8-20(27)25-15-16-6-4-7-17(14-16)21(22,23)24/h4,6-7,9-12,14H,3,5,8,13,15H2,1-2H3,(H,25,27). The average Bonchev–Trinajstić information content (AvgIpc) is 2.69. The number of rotatable bonds is 10. The van der Waals surface area contributed by atoms with Gasteiger partial charge >= 0.3 is 6.18 Å². The fraction of sp³-hybridized carbons (Fsp3) is 0.381. The van der Waals surface area contributed by atoms with Gasteiger partial charge in [-0.05, 0) is 55.3 Å². The summed E-state index contributed by atoms with van der Waals surface area (Å²) in [6, 6.07) is 11.3. The van der Waals surface area contributed by atoms with Crippen molar-refractivity contribution in [1.29, 1.82) is 0 Å². The van der Waals surface area contributed by atoms with E-state index in [9.17, 15) is 26.4 Å². The van der Waals surface area contributed by atoms with E-state index < -0.39 is 21.8 Å². The molecule has 2 rings (SSSR count). The third-order valence-corrected chi connectivity index (χ3v) is 5.54. The summed E-state index contributed by atoms with van der Waals surface area (Å²) in [7, 11) is -3.56. The number of hydrogen-bond donors (Lipinski definition) is 1. The molecular weight excluding hydrogens is 433 g/mol. The molecule has 0 spiro atoms. The normalized spacial score (nSPS) is 11.8. The molecule has 0 unspecified atom stereocenters. The second-order valence-electron chi connectivity index (χ2n) is 6.84. The highest BCUT2D eigenvalue weighted by molar-refractivity contribution is 7.92. The van der Waals surface area contributed by atoms with Crippen molar-refractivity contribution in [2.75, 3.05) is 23.7 Å². The van der Waals surface area contributed by atoms with Crippen LogP contribution in [0.3, 0.4) is 0 Å². The second kappa shape index (κ2) is 10.5. The lowest BCUT2D eigenvalue weighted by atomic mass is 10.1. The summed E-state index contributed by atoms with van der Waals surface area (Å²) in [5.74, 6) is 0.242. The molecule has 0 bridgehead atoms. The fourth-order valence-corrected chi connectivity index (χ4v) is 3.86. The quantitative estimate of drug-likeness (QED) is 0.585. The minimum absolute atomic E-state index is 0.0298. The molecule has 0 saturated carbocycles. The molecular formula is C21H25F3N2O4S. The van der Waals surface area contributed by atoms with Gasteiger partial charge in [0.2, 0.25) is 15.9 Å². The molecule has 31 heavy (non-hydrogen) atoms. The van der Waals surface area contributed by atoms with Crippen molar-refractivity contribution in [2.45, 2.75) is 32.5 Å². The predicted octanol–water partition coefficient (Wildman–Crippen LogP) is 3.97. The van der Waals surface area contributed by atoms with E-state index >= 15 is 0 Å². The summed E-state index contributed by atoms with van der Waals surface area (Å²) in [6.07, 6.45) is -3.09. The van der Waals surface area contributed by atoms with Gasteiger partial charge in [0, 0.05) is 19.5 Å². The number of sulfonamides is 1. The van der Waals surface area contributed by atoms with E-state index in [1.807, 2.05) is 6.92 Å². The summed E-state index contributed by atoms with van der Waals surface area (Å²) in [6.45, 7) is 2.38. The summed E-state index contributed by atoms with van der Waals surface area (Å²) in [5, 5.41) is 2.56. The maximum Gasteiger partial charge on any atom is 0.416 e. The number of amides is 1. The van der Waals surface area contributed by atoms with E-state index in [4.69, 9.17) is 4.74 Å². The molecule has 0 heterocycles. The third-order valence-electron chi connectivity index (χ3n) is 4.35. The Kier molecular flexibility index (Phi) is 8.32. The molecule has 2 aromatic carbocycles. The first-order chi connectivity index (χ1) is 14.5. The number of alkyl halides is 3. The maximum atomic E-state index is 12.8. The molecule has 0 saturated heterocycles. The molecule has 1 amide bonds. The number of carbonyl (C=O) groups excluding carboxylic acids is 1. The molecule has 0 aromatic heterocycles. The molecule has 0 fully saturated rings. The number of nitrogens with zero attached hydrogens (tertiary/aromatic N) is 1. The average molecular weight is 459 g/mol. The number of carbonyl (C=O) groups is 1. The topological polar surface area (TPSA) is 75.7 Å². The molecule has 0 atom stereocenters. The summed E-state index contributed by atoms with van der Waals surface area (Å²) < 4.78 is 69.1. The van der Waals surface area contributed by atoms with Gasteiger partial charge in [-0.1, -0.05) is 12.1 Å². The lowest BCUT2D eigenvalue weighted by Crippen LogP contribution is -2.32. The second-order valence-corrected chi connectivity index (χ2v) is 8.75. The first-order valence-electron chi connectivity index (χ1n) is 9.64. The Morgan fingerprint density at radius 1 is 1.13 bits per heavy atom. The third kappa shape index (κ3) is 7.78. The zero-order valence-corrected chi connectivity index (χ0v) is 18.1. The highest BCUT2D eigenvalue weighted by Crippen LogP contribution is 2.29. The van der Waals surface area contributed by atoms with Gasteiger partial charge in [-0.2, -0.15) is 13.2 Å². The van der Waals surface area contributed by atoms with E-state index in [0.717, 1.165) is 18.4 Å². The molecule has 0 aliphatic heterocycles. The predicted molar refractivity (Wildman–Crippen MR) is 112 cm³/mol. The number of halogens is 3. The van der Waals surface area contributed by atoms with Crippen LogP contribution < -0.4 is 14.4 Å². The minimum atomic E-state index is -4.45. The van der Waals surface area contributed by atoms with Crippen molar-refractivity contribution in [3.63, 3.8) is 0 Å². The van der Waals surface area contributed by atoms with Crippen molar-refractivity contribution in [3.8, 4) is 5.75 Å². The molecule has 2 aromatic rings. The van der Waals surface area contributed by atoms with E-state index in [0.29, 0.717) is 23.6 Å². The van der Waals surface area contributed by atoms with E-state index in [-0.39, 0.29) is 31.8 Å². The molecule has 0 aliphatic carbocycles. The Morgan fingerprint density at radius 2 is 1.81 bits per heavy atom. The van der Waals surface area contributed by atoms with Crippen molar-refractivity contribution in [1.82, 2.24) is 5.32 Å². The van der Waals surface area contributed by atoms with Crippen LogP contribution in [0.2, 0.25) is 0 Å². The number of hydrogen-bond acceptors (Lipinski definition) is 4. The van der Waals surface area contributed by atoms with E-state index in [2.05, 4.69) is 5.32 Å². The van der Waals surface area contributed by atoms with Crippen LogP contribution in [-0.4, -0.2) is 33.7 Å². The number of anilines is 1. The Bertz CT molecular complexity index is 977. The SMILES string of the molecule is CCOc1ccc(N(CCCC(=O)NCc2cccc(C(F)(F)F)c2)S(C)(=O)=O)cc1. The Balaban J connectivity index is 1.90. The van der Waals surface area contributed by atoms with Crippen molar-refractivity contribution < 1.29 is 31.1 Å². The molecule has 1 N–H and O–H groups in total. The van der Waals surface area contributed by atoms with Crippen LogP contribution in [0.25, 0.3) is 0 Å². The van der Waals surface area contributed by atoms with Gasteiger partial charge in [0.1, 0.15) is 5.75 Å². The summed E-state index contributed by atoms with van der Waals surface area (Å²) in [5.41, 5.74) is 0.00375. The van der Waals surface area contributed by atoms with Gasteiger partial charge in [-0.25, -0.2) is 8.42 Å². The van der Waals surface area contributed by atoms with Gasteiger partial charge in [0.05, 0.1) is 24.1 Å². The van der Waals surface area contributed by atoms with Gasteiger partial charge in [0.15, 0.2) is 0 Å². The maximum absolute atomic E-state index is 12.8. The minimum Gasteiger partial charge on any atom is -0.494 e. The van der Waals surface area contributed by atoms with Crippen molar-refractivity contribution >= 4 is 21.6 Å². The fourth-order valence-electron chi connectivity index (χ4n) is 2.89. The molecule has 170 valence electrons. The van der Waals surface area contributed by atoms with Gasteiger partial charge in [0.25, 0.3) is 0 Å². The number of nitrogens with one attached hydrogen (secondary N) is 1. The zero-order chi connectivity index (χ0) is 23.1. The first-order valence-corrected chi connectivity index (χ1v) is 11.5. The monoisotopic (exact) mass is 458 g/mol. The highest BCUT2D eigenvalue weighted by atomic mass is 32.2. The first kappa shape index (κ1) is 24.5. The van der Waals surface area contributed by atoms with Gasteiger partial charge in [-0.3, -0.25) is 9.10 Å². The van der Waals surface area contributed by atoms with Crippen LogP contribution in [0.15, 0.2) is 48.5 Å². The lowest BCUT2D eigenvalue weighted by Gasteiger charge is -2.22. The Labute approximate surface area is 180 Å². The van der Waals surface area contributed by atoms with Gasteiger partial charge in [-0.15, -0.1) is 0 Å². The largest absolute Gasteiger partial charge is 0.494 e. The van der Waals surface area contributed by atoms with Crippen LogP contribution in [0.4, 0.5) is 18.9 Å². The van der Waals surface area contributed by atoms with Crippen LogP contribution in [0.1, 0.15) is 30.9 Å². The smallest absolute Gasteiger partial charge is 0.416 e. The Hall–Kier alpha value is -2.75. The highest BCUT2D eigenvalue weighted by Gasteiger charge is 2.30.